The second-order valence-corrected chi connectivity index (χ2v) is 6.35. The van der Waals surface area contributed by atoms with E-state index < -0.39 is 0 Å². The van der Waals surface area contributed by atoms with Crippen molar-refractivity contribution in [1.29, 1.82) is 0 Å². The highest BCUT2D eigenvalue weighted by atomic mass is 16.5. The van der Waals surface area contributed by atoms with E-state index in [4.69, 9.17) is 10.3 Å². The highest BCUT2D eigenvalue weighted by Gasteiger charge is 2.13. The van der Waals surface area contributed by atoms with Gasteiger partial charge < -0.3 is 15.6 Å². The van der Waals surface area contributed by atoms with Crippen LogP contribution in [0.3, 0.4) is 0 Å². The molecule has 1 aromatic heterocycles. The van der Waals surface area contributed by atoms with Crippen molar-refractivity contribution in [2.75, 3.05) is 5.32 Å². The molecule has 5 heteroatoms. The van der Waals surface area contributed by atoms with Crippen LogP contribution in [0.1, 0.15) is 55.2 Å². The summed E-state index contributed by atoms with van der Waals surface area (Å²) < 4.78 is 5.28. The van der Waals surface area contributed by atoms with E-state index in [-0.39, 0.29) is 0 Å². The van der Waals surface area contributed by atoms with Gasteiger partial charge >= 0.3 is 0 Å². The average molecular weight is 312 g/mol. The molecule has 3 N–H and O–H groups in total. The predicted molar refractivity (Wildman–Crippen MR) is 92.6 cm³/mol. The minimum Gasteiger partial charge on any atom is -0.370 e. The van der Waals surface area contributed by atoms with E-state index in [0.717, 1.165) is 30.0 Å². The number of rotatable bonds is 4. The number of aliphatic imine (C=N–C) groups is 1. The van der Waals surface area contributed by atoms with Gasteiger partial charge in [-0.3, -0.25) is 0 Å². The first kappa shape index (κ1) is 15.6. The number of hydrogen-bond donors (Lipinski definition) is 2. The normalized spacial score (nSPS) is 14.8. The van der Waals surface area contributed by atoms with Gasteiger partial charge in [-0.15, -0.1) is 0 Å². The Morgan fingerprint density at radius 1 is 1.35 bits per heavy atom. The molecule has 0 spiro atoms. The Morgan fingerprint density at radius 3 is 2.96 bits per heavy atom. The molecule has 0 radical (unpaired) electrons. The first-order valence-corrected chi connectivity index (χ1v) is 8.26. The second kappa shape index (κ2) is 6.86. The Kier molecular flexibility index (Phi) is 4.65. The smallest absolute Gasteiger partial charge is 0.193 e. The molecular formula is C18H24N4O. The minimum absolute atomic E-state index is 0.350. The molecular weight excluding hydrogens is 288 g/mol. The van der Waals surface area contributed by atoms with E-state index in [0.29, 0.717) is 18.4 Å². The molecule has 0 fully saturated rings. The van der Waals surface area contributed by atoms with Crippen molar-refractivity contribution in [2.24, 2.45) is 10.7 Å². The summed E-state index contributed by atoms with van der Waals surface area (Å²) >= 11 is 0. The molecule has 0 unspecified atom stereocenters. The monoisotopic (exact) mass is 312 g/mol. The molecule has 23 heavy (non-hydrogen) atoms. The largest absolute Gasteiger partial charge is 0.370 e. The van der Waals surface area contributed by atoms with Crippen LogP contribution in [0.2, 0.25) is 0 Å². The number of anilines is 1. The second-order valence-electron chi connectivity index (χ2n) is 6.35. The highest BCUT2D eigenvalue weighted by molar-refractivity contribution is 5.93. The lowest BCUT2D eigenvalue weighted by molar-refractivity contribution is 0.376. The summed E-state index contributed by atoms with van der Waals surface area (Å²) in [4.78, 5) is 4.36. The molecule has 0 bridgehead atoms. The molecule has 1 heterocycles. The van der Waals surface area contributed by atoms with Gasteiger partial charge in [-0.25, -0.2) is 4.99 Å². The van der Waals surface area contributed by atoms with Crippen LogP contribution in [0.15, 0.2) is 33.8 Å². The third-order valence-corrected chi connectivity index (χ3v) is 4.23. The summed E-state index contributed by atoms with van der Waals surface area (Å²) in [6, 6.07) is 8.28. The first-order chi connectivity index (χ1) is 11.1. The Labute approximate surface area is 137 Å². The summed E-state index contributed by atoms with van der Waals surface area (Å²) in [5, 5.41) is 7.27. The molecule has 0 aliphatic heterocycles. The number of benzene rings is 1. The molecule has 1 aromatic carbocycles. The number of aromatic nitrogens is 1. The van der Waals surface area contributed by atoms with Crippen LogP contribution in [0, 0.1) is 0 Å². The van der Waals surface area contributed by atoms with Crippen molar-refractivity contribution in [1.82, 2.24) is 5.16 Å². The number of aryl methyl sites for hydroxylation is 1. The lowest BCUT2D eigenvalue weighted by Crippen LogP contribution is -2.24. The SMILES string of the molecule is CC(C)c1cc(CN=C(N)Nc2cccc3c2CCCC3)on1. The zero-order valence-corrected chi connectivity index (χ0v) is 13.8. The summed E-state index contributed by atoms with van der Waals surface area (Å²) in [5.41, 5.74) is 10.8. The highest BCUT2D eigenvalue weighted by Crippen LogP contribution is 2.27. The fraction of sp³-hybridized carbons (Fsp3) is 0.444. The number of nitrogens with one attached hydrogen (secondary N) is 1. The number of nitrogens with zero attached hydrogens (tertiary/aromatic N) is 2. The molecule has 0 saturated carbocycles. The topological polar surface area (TPSA) is 76.4 Å². The van der Waals surface area contributed by atoms with E-state index in [1.54, 1.807) is 0 Å². The molecule has 3 rings (SSSR count). The van der Waals surface area contributed by atoms with Gasteiger partial charge in [0.1, 0.15) is 6.54 Å². The van der Waals surface area contributed by atoms with E-state index in [2.05, 4.69) is 47.5 Å². The maximum atomic E-state index is 6.03. The zero-order valence-electron chi connectivity index (χ0n) is 13.8. The number of nitrogens with two attached hydrogens (primary N) is 1. The maximum Gasteiger partial charge on any atom is 0.193 e. The minimum atomic E-state index is 0.350. The van der Waals surface area contributed by atoms with E-state index >= 15 is 0 Å². The maximum absolute atomic E-state index is 6.03. The van der Waals surface area contributed by atoms with Gasteiger partial charge in [-0.05, 0) is 48.8 Å². The molecule has 0 saturated heterocycles. The summed E-state index contributed by atoms with van der Waals surface area (Å²) in [6.07, 6.45) is 4.76. The standard InChI is InChI=1S/C18H24N4O/c1-12(2)17-10-14(23-22-17)11-20-18(19)21-16-9-5-7-13-6-3-4-8-15(13)16/h5,7,9-10,12H,3-4,6,8,11H2,1-2H3,(H3,19,20,21). The Hall–Kier alpha value is -2.30. The fourth-order valence-electron chi connectivity index (χ4n) is 2.91. The predicted octanol–water partition coefficient (Wildman–Crippen LogP) is 3.60. The van der Waals surface area contributed by atoms with Crippen molar-refractivity contribution in [3.8, 4) is 0 Å². The molecule has 5 nitrogen and oxygen atoms in total. The quantitative estimate of drug-likeness (QED) is 0.668. The Morgan fingerprint density at radius 2 is 2.17 bits per heavy atom. The van der Waals surface area contributed by atoms with Crippen LogP contribution in [0.4, 0.5) is 5.69 Å². The van der Waals surface area contributed by atoms with Gasteiger partial charge in [-0.1, -0.05) is 31.1 Å². The summed E-state index contributed by atoms with van der Waals surface area (Å²) in [5.74, 6) is 1.49. The summed E-state index contributed by atoms with van der Waals surface area (Å²) in [7, 11) is 0. The molecule has 122 valence electrons. The third-order valence-electron chi connectivity index (χ3n) is 4.23. The van der Waals surface area contributed by atoms with Crippen LogP contribution in [0.5, 0.6) is 0 Å². The Balaban J connectivity index is 1.67. The third kappa shape index (κ3) is 3.73. The molecule has 0 amide bonds. The molecule has 1 aliphatic rings. The molecule has 1 aliphatic carbocycles. The molecule has 0 atom stereocenters. The number of guanidine groups is 1. The van der Waals surface area contributed by atoms with Crippen LogP contribution >= 0.6 is 0 Å². The van der Waals surface area contributed by atoms with Crippen LogP contribution in [-0.2, 0) is 19.4 Å². The van der Waals surface area contributed by atoms with Crippen LogP contribution < -0.4 is 11.1 Å². The number of fused-ring (bicyclic) bond motifs is 1. The zero-order chi connectivity index (χ0) is 16.2. The Bertz CT molecular complexity index is 703. The average Bonchev–Trinajstić information content (AvgIpc) is 3.03. The van der Waals surface area contributed by atoms with E-state index in [9.17, 15) is 0 Å². The van der Waals surface area contributed by atoms with Gasteiger partial charge in [0.2, 0.25) is 0 Å². The first-order valence-electron chi connectivity index (χ1n) is 8.26. The van der Waals surface area contributed by atoms with Crippen molar-refractivity contribution in [2.45, 2.75) is 52.0 Å². The van der Waals surface area contributed by atoms with Gasteiger partial charge in [0, 0.05) is 11.8 Å². The van der Waals surface area contributed by atoms with Crippen molar-refractivity contribution in [3.63, 3.8) is 0 Å². The lowest BCUT2D eigenvalue weighted by atomic mass is 9.90. The van der Waals surface area contributed by atoms with Gasteiger partial charge in [0.25, 0.3) is 0 Å². The molecule has 2 aromatic rings. The van der Waals surface area contributed by atoms with Crippen molar-refractivity contribution < 1.29 is 4.52 Å². The van der Waals surface area contributed by atoms with Crippen LogP contribution in [-0.4, -0.2) is 11.1 Å². The number of hydrogen-bond acceptors (Lipinski definition) is 3. The van der Waals surface area contributed by atoms with E-state index in [1.807, 2.05) is 6.07 Å². The van der Waals surface area contributed by atoms with E-state index in [1.165, 1.54) is 24.0 Å². The lowest BCUT2D eigenvalue weighted by Gasteiger charge is -2.19. The van der Waals surface area contributed by atoms with Crippen molar-refractivity contribution >= 4 is 11.6 Å². The van der Waals surface area contributed by atoms with Crippen LogP contribution in [0.25, 0.3) is 0 Å². The van der Waals surface area contributed by atoms with Crippen molar-refractivity contribution in [3.05, 3.63) is 46.8 Å². The fourth-order valence-corrected chi connectivity index (χ4v) is 2.91. The van der Waals surface area contributed by atoms with Gasteiger partial charge in [0.05, 0.1) is 5.69 Å². The summed E-state index contributed by atoms with van der Waals surface area (Å²) in [6.45, 7) is 4.56. The van der Waals surface area contributed by atoms with Gasteiger partial charge in [0.15, 0.2) is 11.7 Å². The van der Waals surface area contributed by atoms with Gasteiger partial charge in [-0.2, -0.15) is 0 Å².